The van der Waals surface area contributed by atoms with Gasteiger partial charge in [-0.1, -0.05) is 0 Å². The van der Waals surface area contributed by atoms with E-state index in [1.54, 1.807) is 0 Å². The molecule has 0 amide bonds. The van der Waals surface area contributed by atoms with Gasteiger partial charge in [-0.3, -0.25) is 4.90 Å². The van der Waals surface area contributed by atoms with Crippen molar-refractivity contribution in [3.8, 4) is 0 Å². The Bertz CT molecular complexity index is 172. The minimum absolute atomic E-state index is 0.628. The molecule has 0 aromatic rings. The maximum atomic E-state index is 3.50. The zero-order valence-electron chi connectivity index (χ0n) is 6.97. The van der Waals surface area contributed by atoms with Gasteiger partial charge in [-0.15, -0.1) is 0 Å². The van der Waals surface area contributed by atoms with Gasteiger partial charge in [0.05, 0.1) is 0 Å². The van der Waals surface area contributed by atoms with Crippen LogP contribution in [0.4, 0.5) is 0 Å². The van der Waals surface area contributed by atoms with E-state index >= 15 is 0 Å². The highest BCUT2D eigenvalue weighted by atomic mass is 15.3. The highest BCUT2D eigenvalue weighted by Gasteiger charge is 2.50. The molecule has 3 rings (SSSR count). The molecular weight excluding hydrogens is 136 g/mol. The molecule has 3 aliphatic rings. The van der Waals surface area contributed by atoms with E-state index in [1.165, 1.54) is 45.4 Å². The molecule has 0 aromatic carbocycles. The molecule has 3 atom stereocenters. The third-order valence-corrected chi connectivity index (χ3v) is 3.85. The number of nitrogens with one attached hydrogen (secondary N) is 1. The molecule has 2 unspecified atom stereocenters. The van der Waals surface area contributed by atoms with Crippen LogP contribution >= 0.6 is 0 Å². The molecule has 0 aliphatic carbocycles. The van der Waals surface area contributed by atoms with Gasteiger partial charge in [0.15, 0.2) is 0 Å². The summed E-state index contributed by atoms with van der Waals surface area (Å²) < 4.78 is 0. The van der Waals surface area contributed by atoms with Crippen molar-refractivity contribution in [3.63, 3.8) is 0 Å². The van der Waals surface area contributed by atoms with Crippen molar-refractivity contribution in [2.24, 2.45) is 5.92 Å². The van der Waals surface area contributed by atoms with Crippen LogP contribution in [0, 0.1) is 5.92 Å². The Morgan fingerprint density at radius 2 is 2.45 bits per heavy atom. The highest BCUT2D eigenvalue weighted by Crippen LogP contribution is 2.43. The molecule has 3 aliphatic heterocycles. The van der Waals surface area contributed by atoms with Crippen molar-refractivity contribution in [2.75, 3.05) is 26.2 Å². The van der Waals surface area contributed by atoms with Crippen LogP contribution in [0.2, 0.25) is 0 Å². The first-order valence-corrected chi connectivity index (χ1v) is 4.85. The van der Waals surface area contributed by atoms with Gasteiger partial charge in [-0.05, 0) is 38.3 Å². The van der Waals surface area contributed by atoms with Crippen LogP contribution in [0.5, 0.6) is 0 Å². The lowest BCUT2D eigenvalue weighted by Gasteiger charge is -2.35. The van der Waals surface area contributed by atoms with E-state index in [4.69, 9.17) is 0 Å². The van der Waals surface area contributed by atoms with Crippen molar-refractivity contribution >= 4 is 0 Å². The molecule has 2 heteroatoms. The third kappa shape index (κ3) is 0.744. The van der Waals surface area contributed by atoms with Gasteiger partial charge in [0.2, 0.25) is 0 Å². The quantitative estimate of drug-likeness (QED) is 0.542. The molecule has 2 nitrogen and oxygen atoms in total. The van der Waals surface area contributed by atoms with Gasteiger partial charge in [0.1, 0.15) is 0 Å². The first kappa shape index (κ1) is 6.44. The summed E-state index contributed by atoms with van der Waals surface area (Å²) in [5.74, 6) is 1.05. The molecule has 3 heterocycles. The fourth-order valence-corrected chi connectivity index (χ4v) is 3.27. The molecule has 0 saturated carbocycles. The Hall–Kier alpha value is -0.0800. The number of hydrogen-bond donors (Lipinski definition) is 1. The summed E-state index contributed by atoms with van der Waals surface area (Å²) in [6.45, 7) is 5.31. The summed E-state index contributed by atoms with van der Waals surface area (Å²) >= 11 is 0. The lowest BCUT2D eigenvalue weighted by Crippen LogP contribution is -2.46. The normalized spacial score (nSPS) is 54.5. The third-order valence-electron chi connectivity index (χ3n) is 3.85. The average Bonchev–Trinajstić information content (AvgIpc) is 2.64. The van der Waals surface area contributed by atoms with E-state index in [-0.39, 0.29) is 0 Å². The standard InChI is InChI=1S/C9H16N2/c1-4-11-6-8(1)5-9(11)2-3-10-7-9/h8,10H,1-7H2/t8-,9?/m1/s1. The number of piperidine rings is 1. The van der Waals surface area contributed by atoms with Crippen molar-refractivity contribution in [2.45, 2.75) is 24.8 Å². The molecule has 62 valence electrons. The van der Waals surface area contributed by atoms with Crippen LogP contribution in [0.1, 0.15) is 19.3 Å². The number of nitrogens with zero attached hydrogens (tertiary/aromatic N) is 1. The Balaban J connectivity index is 1.88. The molecule has 2 bridgehead atoms. The number of fused-ring (bicyclic) bond motifs is 3. The van der Waals surface area contributed by atoms with Crippen LogP contribution in [0.25, 0.3) is 0 Å². The summed E-state index contributed by atoms with van der Waals surface area (Å²) in [5, 5.41) is 3.50. The van der Waals surface area contributed by atoms with Crippen LogP contribution < -0.4 is 5.32 Å². The van der Waals surface area contributed by atoms with Crippen molar-refractivity contribution in [3.05, 3.63) is 0 Å². The monoisotopic (exact) mass is 152 g/mol. The fourth-order valence-electron chi connectivity index (χ4n) is 3.27. The molecule has 3 fully saturated rings. The summed E-state index contributed by atoms with van der Waals surface area (Å²) in [5.41, 5.74) is 0.628. The molecule has 3 saturated heterocycles. The topological polar surface area (TPSA) is 15.3 Å². The van der Waals surface area contributed by atoms with Gasteiger partial charge in [-0.25, -0.2) is 0 Å². The largest absolute Gasteiger partial charge is 0.315 e. The zero-order chi connectivity index (χ0) is 7.31. The Morgan fingerprint density at radius 1 is 1.45 bits per heavy atom. The Labute approximate surface area is 68.0 Å². The van der Waals surface area contributed by atoms with E-state index in [0.717, 1.165) is 5.92 Å². The van der Waals surface area contributed by atoms with E-state index in [9.17, 15) is 0 Å². The summed E-state index contributed by atoms with van der Waals surface area (Å²) in [7, 11) is 0. The first-order chi connectivity index (χ1) is 5.39. The van der Waals surface area contributed by atoms with Gasteiger partial charge >= 0.3 is 0 Å². The molecule has 0 radical (unpaired) electrons. The minimum Gasteiger partial charge on any atom is -0.315 e. The lowest BCUT2D eigenvalue weighted by atomic mass is 9.87. The highest BCUT2D eigenvalue weighted by molar-refractivity contribution is 5.07. The molecule has 1 spiro atoms. The second-order valence-corrected chi connectivity index (χ2v) is 4.46. The maximum absolute atomic E-state index is 3.50. The van der Waals surface area contributed by atoms with E-state index < -0.39 is 0 Å². The molecule has 0 aromatic heterocycles. The van der Waals surface area contributed by atoms with Gasteiger partial charge < -0.3 is 5.32 Å². The van der Waals surface area contributed by atoms with Crippen molar-refractivity contribution in [1.82, 2.24) is 10.2 Å². The average molecular weight is 152 g/mol. The zero-order valence-corrected chi connectivity index (χ0v) is 6.97. The van der Waals surface area contributed by atoms with Gasteiger partial charge in [0, 0.05) is 18.6 Å². The van der Waals surface area contributed by atoms with Gasteiger partial charge in [0.25, 0.3) is 0 Å². The smallest absolute Gasteiger partial charge is 0.0349 e. The second kappa shape index (κ2) is 1.99. The first-order valence-electron chi connectivity index (χ1n) is 4.85. The predicted octanol–water partition coefficient (Wildman–Crippen LogP) is 0.444. The van der Waals surface area contributed by atoms with Crippen molar-refractivity contribution < 1.29 is 0 Å². The molecule has 1 N–H and O–H groups in total. The summed E-state index contributed by atoms with van der Waals surface area (Å²) in [6, 6.07) is 0. The maximum Gasteiger partial charge on any atom is 0.0349 e. The fraction of sp³-hybridized carbons (Fsp3) is 1.00. The van der Waals surface area contributed by atoms with E-state index in [0.29, 0.717) is 5.54 Å². The number of hydrogen-bond acceptors (Lipinski definition) is 2. The second-order valence-electron chi connectivity index (χ2n) is 4.46. The van der Waals surface area contributed by atoms with Crippen molar-refractivity contribution in [1.29, 1.82) is 0 Å². The van der Waals surface area contributed by atoms with E-state index in [1.807, 2.05) is 0 Å². The number of rotatable bonds is 0. The lowest BCUT2D eigenvalue weighted by molar-refractivity contribution is 0.153. The summed E-state index contributed by atoms with van der Waals surface area (Å²) in [4.78, 5) is 2.73. The van der Waals surface area contributed by atoms with Crippen LogP contribution in [-0.2, 0) is 0 Å². The molecule has 11 heavy (non-hydrogen) atoms. The van der Waals surface area contributed by atoms with Crippen LogP contribution in [-0.4, -0.2) is 36.6 Å². The van der Waals surface area contributed by atoms with Gasteiger partial charge in [-0.2, -0.15) is 0 Å². The molecular formula is C9H16N2. The SMILES string of the molecule is C1CC2(CN1)C[C@H]1CCN2C1. The Morgan fingerprint density at radius 3 is 3.00 bits per heavy atom. The predicted molar refractivity (Wildman–Crippen MR) is 44.5 cm³/mol. The Kier molecular flexibility index (Phi) is 1.16. The van der Waals surface area contributed by atoms with Crippen LogP contribution in [0.3, 0.4) is 0 Å². The van der Waals surface area contributed by atoms with Crippen LogP contribution in [0.15, 0.2) is 0 Å². The summed E-state index contributed by atoms with van der Waals surface area (Å²) in [6.07, 6.45) is 4.37. The van der Waals surface area contributed by atoms with E-state index in [2.05, 4.69) is 10.2 Å². The minimum atomic E-state index is 0.628.